The molecule has 2 bridgehead atoms. The van der Waals surface area contributed by atoms with Crippen LogP contribution in [0.1, 0.15) is 55.6 Å². The van der Waals surface area contributed by atoms with Gasteiger partial charge in [-0.05, 0) is 39.4 Å². The van der Waals surface area contributed by atoms with Crippen molar-refractivity contribution in [1.29, 1.82) is 0 Å². The van der Waals surface area contributed by atoms with Gasteiger partial charge >= 0.3 is 5.97 Å². The molecule has 0 saturated carbocycles. The van der Waals surface area contributed by atoms with Gasteiger partial charge < -0.3 is 5.11 Å². The van der Waals surface area contributed by atoms with Gasteiger partial charge in [-0.2, -0.15) is 0 Å². The Morgan fingerprint density at radius 3 is 1.75 bits per heavy atom. The molecule has 116 valence electrons. The van der Waals surface area contributed by atoms with Gasteiger partial charge in [0.2, 0.25) is 0 Å². The molecule has 3 aliphatic rings. The molecule has 0 spiro atoms. The van der Waals surface area contributed by atoms with E-state index < -0.39 is 5.97 Å². The van der Waals surface area contributed by atoms with Crippen molar-refractivity contribution >= 4 is 17.6 Å². The summed E-state index contributed by atoms with van der Waals surface area (Å²) in [5.41, 5.74) is 7.10. The maximum absolute atomic E-state index is 11.9. The maximum atomic E-state index is 11.9. The van der Waals surface area contributed by atoms with Crippen LogP contribution >= 0.6 is 11.6 Å². The summed E-state index contributed by atoms with van der Waals surface area (Å²) in [6, 6.07) is 20.4. The lowest BCUT2D eigenvalue weighted by molar-refractivity contribution is 0.0695. The molecule has 0 saturated heterocycles. The van der Waals surface area contributed by atoms with Crippen LogP contribution in [0, 0.1) is 0 Å². The zero-order chi connectivity index (χ0) is 16.4. The highest BCUT2D eigenvalue weighted by Gasteiger charge is 2.43. The van der Waals surface area contributed by atoms with E-state index >= 15 is 0 Å². The number of hydrogen-bond acceptors (Lipinski definition) is 1. The van der Waals surface area contributed by atoms with Crippen molar-refractivity contribution in [3.05, 3.63) is 105 Å². The third kappa shape index (κ3) is 1.59. The zero-order valence-electron chi connectivity index (χ0n) is 12.7. The standard InChI is InChI=1S/C21H13ClO2/c22-16-10-9-15-17-11-5-1-3-7-13(11)18(19(15)20(16)21(23)24)14-8-4-2-6-12(14)17/h1-10,17-18H,(H,23,24). The number of carbonyl (C=O) groups is 1. The van der Waals surface area contributed by atoms with Gasteiger partial charge in [0.05, 0.1) is 10.6 Å². The van der Waals surface area contributed by atoms with Crippen molar-refractivity contribution in [2.24, 2.45) is 0 Å². The number of carboxylic acids is 1. The highest BCUT2D eigenvalue weighted by atomic mass is 35.5. The zero-order valence-corrected chi connectivity index (χ0v) is 13.4. The lowest BCUT2D eigenvalue weighted by atomic mass is 9.60. The van der Waals surface area contributed by atoms with Crippen molar-refractivity contribution in [2.75, 3.05) is 0 Å². The second kappa shape index (κ2) is 4.71. The monoisotopic (exact) mass is 332 g/mol. The van der Waals surface area contributed by atoms with Gasteiger partial charge in [0.25, 0.3) is 0 Å². The molecule has 3 aromatic carbocycles. The first-order valence-corrected chi connectivity index (χ1v) is 8.29. The molecule has 0 heterocycles. The third-order valence-corrected chi connectivity index (χ3v) is 5.59. The van der Waals surface area contributed by atoms with E-state index in [2.05, 4.69) is 36.4 Å². The van der Waals surface area contributed by atoms with Crippen LogP contribution < -0.4 is 0 Å². The Balaban J connectivity index is 1.94. The first-order valence-electron chi connectivity index (χ1n) is 7.91. The van der Waals surface area contributed by atoms with Gasteiger partial charge in [-0.1, -0.05) is 66.2 Å². The maximum Gasteiger partial charge on any atom is 0.337 e. The molecule has 0 unspecified atom stereocenters. The van der Waals surface area contributed by atoms with Crippen LogP contribution in [0.25, 0.3) is 0 Å². The average Bonchev–Trinajstić information content (AvgIpc) is 2.60. The van der Waals surface area contributed by atoms with Gasteiger partial charge in [-0.3, -0.25) is 0 Å². The molecule has 3 heteroatoms. The highest BCUT2D eigenvalue weighted by molar-refractivity contribution is 6.33. The molecule has 0 radical (unpaired) electrons. The Morgan fingerprint density at radius 1 is 0.750 bits per heavy atom. The van der Waals surface area contributed by atoms with E-state index in [1.54, 1.807) is 6.07 Å². The van der Waals surface area contributed by atoms with E-state index in [1.807, 2.05) is 18.2 Å². The molecule has 24 heavy (non-hydrogen) atoms. The van der Waals surface area contributed by atoms with Crippen LogP contribution in [0.15, 0.2) is 60.7 Å². The fraction of sp³-hybridized carbons (Fsp3) is 0.0952. The molecule has 2 nitrogen and oxygen atoms in total. The lowest BCUT2D eigenvalue weighted by Crippen LogP contribution is -2.29. The number of rotatable bonds is 1. The van der Waals surface area contributed by atoms with Gasteiger partial charge in [0.15, 0.2) is 0 Å². The minimum absolute atomic E-state index is 0.0674. The van der Waals surface area contributed by atoms with Crippen molar-refractivity contribution in [2.45, 2.75) is 11.8 Å². The van der Waals surface area contributed by atoms with Crippen molar-refractivity contribution in [1.82, 2.24) is 0 Å². The summed E-state index contributed by atoms with van der Waals surface area (Å²) in [4.78, 5) is 11.9. The summed E-state index contributed by atoms with van der Waals surface area (Å²) in [6.07, 6.45) is 0. The van der Waals surface area contributed by atoms with Gasteiger partial charge in [-0.25, -0.2) is 4.79 Å². The fourth-order valence-corrected chi connectivity index (χ4v) is 4.69. The SMILES string of the molecule is O=C(O)c1c(Cl)ccc2c1C1c3ccccc3C2c2ccccc21. The minimum atomic E-state index is -0.959. The molecular weight excluding hydrogens is 320 g/mol. The Kier molecular flexibility index (Phi) is 2.71. The quantitative estimate of drug-likeness (QED) is 0.467. The second-order valence-corrected chi connectivity index (χ2v) is 6.76. The van der Waals surface area contributed by atoms with Crippen LogP contribution in [0.2, 0.25) is 5.02 Å². The Hall–Kier alpha value is -2.58. The molecule has 3 aromatic rings. The largest absolute Gasteiger partial charge is 0.478 e. The van der Waals surface area contributed by atoms with Gasteiger partial charge in [-0.15, -0.1) is 0 Å². The van der Waals surface area contributed by atoms with Crippen molar-refractivity contribution < 1.29 is 9.90 Å². The predicted octanol–water partition coefficient (Wildman–Crippen LogP) is 5.03. The topological polar surface area (TPSA) is 37.3 Å². The molecule has 0 amide bonds. The first kappa shape index (κ1) is 13.8. The first-order chi connectivity index (χ1) is 11.7. The van der Waals surface area contributed by atoms with Crippen LogP contribution in [0.5, 0.6) is 0 Å². The van der Waals surface area contributed by atoms with Gasteiger partial charge in [0.1, 0.15) is 0 Å². The van der Waals surface area contributed by atoms with Gasteiger partial charge in [0, 0.05) is 11.8 Å². The summed E-state index contributed by atoms with van der Waals surface area (Å²) in [7, 11) is 0. The smallest absolute Gasteiger partial charge is 0.337 e. The summed E-state index contributed by atoms with van der Waals surface area (Å²) >= 11 is 6.27. The summed E-state index contributed by atoms with van der Waals surface area (Å²) < 4.78 is 0. The number of aromatic carboxylic acids is 1. The predicted molar refractivity (Wildman–Crippen MR) is 93.2 cm³/mol. The Morgan fingerprint density at radius 2 is 1.25 bits per heavy atom. The third-order valence-electron chi connectivity index (χ3n) is 5.28. The Labute approximate surface area is 144 Å². The fourth-order valence-electron chi connectivity index (χ4n) is 4.44. The van der Waals surface area contributed by atoms with E-state index in [1.165, 1.54) is 22.3 Å². The molecule has 1 N–H and O–H groups in total. The molecular formula is C21H13ClO2. The van der Waals surface area contributed by atoms with Crippen LogP contribution in [-0.2, 0) is 0 Å². The van der Waals surface area contributed by atoms with E-state index in [0.29, 0.717) is 5.02 Å². The van der Waals surface area contributed by atoms with Crippen molar-refractivity contribution in [3.63, 3.8) is 0 Å². The number of carboxylic acid groups (broad SMARTS) is 1. The van der Waals surface area contributed by atoms with Crippen molar-refractivity contribution in [3.8, 4) is 0 Å². The van der Waals surface area contributed by atoms with E-state index in [-0.39, 0.29) is 17.4 Å². The molecule has 3 aliphatic carbocycles. The van der Waals surface area contributed by atoms with E-state index in [0.717, 1.165) is 11.1 Å². The number of benzene rings is 3. The van der Waals surface area contributed by atoms with Crippen LogP contribution in [0.3, 0.4) is 0 Å². The number of halogens is 1. The summed E-state index contributed by atoms with van der Waals surface area (Å²) in [6.45, 7) is 0. The highest BCUT2D eigenvalue weighted by Crippen LogP contribution is 2.56. The molecule has 0 aromatic heterocycles. The molecule has 0 atom stereocenters. The lowest BCUT2D eigenvalue weighted by Gasteiger charge is -2.42. The number of hydrogen-bond donors (Lipinski definition) is 1. The van der Waals surface area contributed by atoms with E-state index in [9.17, 15) is 9.90 Å². The normalized spacial score (nSPS) is 19.4. The second-order valence-electron chi connectivity index (χ2n) is 6.35. The average molecular weight is 333 g/mol. The Bertz CT molecular complexity index is 975. The van der Waals surface area contributed by atoms with Crippen LogP contribution in [0.4, 0.5) is 0 Å². The summed E-state index contributed by atoms with van der Waals surface area (Å²) in [5.74, 6) is -0.950. The summed E-state index contributed by atoms with van der Waals surface area (Å²) in [5, 5.41) is 10.1. The minimum Gasteiger partial charge on any atom is -0.478 e. The van der Waals surface area contributed by atoms with E-state index in [4.69, 9.17) is 11.6 Å². The molecule has 0 fully saturated rings. The molecule has 6 rings (SSSR count). The van der Waals surface area contributed by atoms with Crippen LogP contribution in [-0.4, -0.2) is 11.1 Å². The molecule has 0 aliphatic heterocycles.